The Bertz CT molecular complexity index is 1140. The van der Waals surface area contributed by atoms with Gasteiger partial charge in [0.2, 0.25) is 0 Å². The number of rotatable bonds is 5. The zero-order valence-electron chi connectivity index (χ0n) is 17.3. The molecular formula is C24H24N2O2S2. The maximum Gasteiger partial charge on any atom is 0.263 e. The molecule has 154 valence electrons. The third-order valence-electron chi connectivity index (χ3n) is 5.07. The Balaban J connectivity index is 1.50. The van der Waals surface area contributed by atoms with Gasteiger partial charge in [0.1, 0.15) is 16.7 Å². The number of nitrogens with zero attached hydrogens (tertiary/aromatic N) is 1. The van der Waals surface area contributed by atoms with E-state index in [1.54, 1.807) is 0 Å². The van der Waals surface area contributed by atoms with E-state index in [-0.39, 0.29) is 11.3 Å². The SMILES string of the molecule is CC(C)(C)c1ccc(OCCn2cc(C=C3SC(=S)NC3=O)c3ccccc32)cc1. The first-order chi connectivity index (χ1) is 14.3. The van der Waals surface area contributed by atoms with Crippen LogP contribution in [-0.2, 0) is 16.8 Å². The lowest BCUT2D eigenvalue weighted by atomic mass is 9.87. The molecule has 1 N–H and O–H groups in total. The predicted molar refractivity (Wildman–Crippen MR) is 129 cm³/mol. The number of nitrogens with one attached hydrogen (secondary N) is 1. The van der Waals surface area contributed by atoms with E-state index < -0.39 is 0 Å². The third-order valence-corrected chi connectivity index (χ3v) is 6.23. The molecule has 30 heavy (non-hydrogen) atoms. The summed E-state index contributed by atoms with van der Waals surface area (Å²) in [7, 11) is 0. The van der Waals surface area contributed by atoms with E-state index in [4.69, 9.17) is 17.0 Å². The highest BCUT2D eigenvalue weighted by molar-refractivity contribution is 8.26. The lowest BCUT2D eigenvalue weighted by molar-refractivity contribution is -0.115. The highest BCUT2D eigenvalue weighted by Gasteiger charge is 2.22. The summed E-state index contributed by atoms with van der Waals surface area (Å²) in [6, 6.07) is 16.5. The maximum atomic E-state index is 12.0. The van der Waals surface area contributed by atoms with Crippen molar-refractivity contribution in [2.75, 3.05) is 6.61 Å². The second-order valence-corrected chi connectivity index (χ2v) is 9.99. The van der Waals surface area contributed by atoms with E-state index in [0.717, 1.165) is 22.2 Å². The van der Waals surface area contributed by atoms with E-state index in [0.29, 0.717) is 22.4 Å². The van der Waals surface area contributed by atoms with Crippen LogP contribution in [0.4, 0.5) is 0 Å². The van der Waals surface area contributed by atoms with Crippen molar-refractivity contribution in [3.63, 3.8) is 0 Å². The molecule has 0 bridgehead atoms. The molecule has 1 saturated heterocycles. The predicted octanol–water partition coefficient (Wildman–Crippen LogP) is 5.51. The van der Waals surface area contributed by atoms with E-state index >= 15 is 0 Å². The molecule has 2 aromatic carbocycles. The molecule has 1 aliphatic rings. The van der Waals surface area contributed by atoms with E-state index in [1.807, 2.05) is 30.3 Å². The summed E-state index contributed by atoms with van der Waals surface area (Å²) in [6.07, 6.45) is 3.98. The molecule has 1 aliphatic heterocycles. The van der Waals surface area contributed by atoms with Crippen LogP contribution in [0.1, 0.15) is 31.9 Å². The zero-order valence-corrected chi connectivity index (χ0v) is 18.9. The Morgan fingerprint density at radius 1 is 1.13 bits per heavy atom. The van der Waals surface area contributed by atoms with Crippen molar-refractivity contribution in [1.29, 1.82) is 0 Å². The summed E-state index contributed by atoms with van der Waals surface area (Å²) in [6.45, 7) is 7.88. The molecule has 2 heterocycles. The maximum absolute atomic E-state index is 12.0. The van der Waals surface area contributed by atoms with Gasteiger partial charge < -0.3 is 14.6 Å². The van der Waals surface area contributed by atoms with Gasteiger partial charge in [-0.2, -0.15) is 0 Å². The molecule has 1 fully saturated rings. The summed E-state index contributed by atoms with van der Waals surface area (Å²) in [4.78, 5) is 12.7. The number of fused-ring (bicyclic) bond motifs is 1. The van der Waals surface area contributed by atoms with Crippen molar-refractivity contribution in [2.45, 2.75) is 32.7 Å². The van der Waals surface area contributed by atoms with Crippen molar-refractivity contribution in [2.24, 2.45) is 0 Å². The molecule has 4 rings (SSSR count). The van der Waals surface area contributed by atoms with Gasteiger partial charge in [0, 0.05) is 22.7 Å². The number of carbonyl (C=O) groups is 1. The minimum atomic E-state index is -0.135. The number of hydrogen-bond acceptors (Lipinski definition) is 4. The van der Waals surface area contributed by atoms with Crippen LogP contribution in [0.5, 0.6) is 5.75 Å². The minimum Gasteiger partial charge on any atom is -0.492 e. The normalized spacial score (nSPS) is 15.8. The van der Waals surface area contributed by atoms with E-state index in [9.17, 15) is 4.79 Å². The number of para-hydroxylation sites is 1. The fourth-order valence-corrected chi connectivity index (χ4v) is 4.49. The van der Waals surface area contributed by atoms with Gasteiger partial charge in [0.25, 0.3) is 5.91 Å². The first-order valence-corrected chi connectivity index (χ1v) is 11.1. The van der Waals surface area contributed by atoms with Crippen molar-refractivity contribution in [3.8, 4) is 5.75 Å². The fourth-order valence-electron chi connectivity index (χ4n) is 3.45. The van der Waals surface area contributed by atoms with Crippen molar-refractivity contribution in [1.82, 2.24) is 9.88 Å². The molecule has 0 saturated carbocycles. The summed E-state index contributed by atoms with van der Waals surface area (Å²) in [5.74, 6) is 0.734. The smallest absolute Gasteiger partial charge is 0.263 e. The van der Waals surface area contributed by atoms with Gasteiger partial charge in [-0.15, -0.1) is 0 Å². The largest absolute Gasteiger partial charge is 0.492 e. The molecule has 1 aromatic heterocycles. The fraction of sp³-hybridized carbons (Fsp3) is 0.250. The van der Waals surface area contributed by atoms with Gasteiger partial charge in [-0.3, -0.25) is 4.79 Å². The lowest BCUT2D eigenvalue weighted by Gasteiger charge is -2.19. The summed E-state index contributed by atoms with van der Waals surface area (Å²) in [5.41, 5.74) is 3.54. The van der Waals surface area contributed by atoms with Gasteiger partial charge in [0.05, 0.1) is 11.4 Å². The summed E-state index contributed by atoms with van der Waals surface area (Å²) >= 11 is 6.39. The van der Waals surface area contributed by atoms with Crippen LogP contribution >= 0.6 is 24.0 Å². The molecule has 1 amide bonds. The molecule has 3 aromatic rings. The quantitative estimate of drug-likeness (QED) is 0.423. The number of thioether (sulfide) groups is 1. The number of ether oxygens (including phenoxy) is 1. The molecule has 0 spiro atoms. The van der Waals surface area contributed by atoms with Crippen LogP contribution in [0.2, 0.25) is 0 Å². The van der Waals surface area contributed by atoms with Crippen LogP contribution in [0.15, 0.2) is 59.6 Å². The standard InChI is InChI=1S/C24H24N2O2S2/c1-24(2,3)17-8-10-18(11-9-17)28-13-12-26-15-16(19-6-4-5-7-20(19)26)14-21-22(27)25-23(29)30-21/h4-11,14-15H,12-13H2,1-3H3,(H,25,27,29). The summed E-state index contributed by atoms with van der Waals surface area (Å²) in [5, 5.41) is 3.77. The van der Waals surface area contributed by atoms with Gasteiger partial charge >= 0.3 is 0 Å². The minimum absolute atomic E-state index is 0.131. The average Bonchev–Trinajstić information content (AvgIpc) is 3.21. The Labute approximate surface area is 186 Å². The van der Waals surface area contributed by atoms with Crippen LogP contribution < -0.4 is 10.1 Å². The van der Waals surface area contributed by atoms with Crippen molar-refractivity contribution < 1.29 is 9.53 Å². The Morgan fingerprint density at radius 3 is 2.53 bits per heavy atom. The number of benzene rings is 2. The van der Waals surface area contributed by atoms with E-state index in [2.05, 4.69) is 61.1 Å². The zero-order chi connectivity index (χ0) is 21.3. The number of hydrogen-bond donors (Lipinski definition) is 1. The highest BCUT2D eigenvalue weighted by Crippen LogP contribution is 2.30. The second kappa shape index (κ2) is 8.28. The van der Waals surface area contributed by atoms with Crippen molar-refractivity contribution >= 4 is 51.2 Å². The van der Waals surface area contributed by atoms with Gasteiger partial charge in [-0.1, -0.05) is 75.1 Å². The molecular weight excluding hydrogens is 412 g/mol. The molecule has 4 nitrogen and oxygen atoms in total. The Morgan fingerprint density at radius 2 is 1.87 bits per heavy atom. The lowest BCUT2D eigenvalue weighted by Crippen LogP contribution is -2.17. The average molecular weight is 437 g/mol. The second-order valence-electron chi connectivity index (χ2n) is 8.27. The topological polar surface area (TPSA) is 43.3 Å². The molecule has 0 radical (unpaired) electrons. The number of carbonyl (C=O) groups excluding carboxylic acids is 1. The monoisotopic (exact) mass is 436 g/mol. The van der Waals surface area contributed by atoms with Gasteiger partial charge in [-0.05, 0) is 35.3 Å². The Hall–Kier alpha value is -2.57. The molecule has 6 heteroatoms. The van der Waals surface area contributed by atoms with Crippen LogP contribution in [0.3, 0.4) is 0 Å². The van der Waals surface area contributed by atoms with Crippen molar-refractivity contribution in [3.05, 3.63) is 70.8 Å². The molecule has 0 unspecified atom stereocenters. The third kappa shape index (κ3) is 4.45. The van der Waals surface area contributed by atoms with Crippen LogP contribution in [-0.4, -0.2) is 21.4 Å². The number of aromatic nitrogens is 1. The van der Waals surface area contributed by atoms with Crippen LogP contribution in [0, 0.1) is 0 Å². The van der Waals surface area contributed by atoms with Gasteiger partial charge in [0.15, 0.2) is 0 Å². The van der Waals surface area contributed by atoms with E-state index in [1.165, 1.54) is 17.3 Å². The molecule has 0 atom stereocenters. The number of thiocarbonyl (C=S) groups is 1. The highest BCUT2D eigenvalue weighted by atomic mass is 32.2. The molecule has 0 aliphatic carbocycles. The van der Waals surface area contributed by atoms with Gasteiger partial charge in [-0.25, -0.2) is 0 Å². The number of amides is 1. The van der Waals surface area contributed by atoms with Crippen LogP contribution in [0.25, 0.3) is 17.0 Å². The first-order valence-electron chi connectivity index (χ1n) is 9.87. The Kier molecular flexibility index (Phi) is 5.71. The first kappa shape index (κ1) is 20.7. The summed E-state index contributed by atoms with van der Waals surface area (Å²) < 4.78 is 8.65.